The van der Waals surface area contributed by atoms with Crippen LogP contribution < -0.4 is 9.80 Å². The number of carbonyl (C=O) groups excluding carboxylic acids is 1. The molecule has 6 rings (SSSR count). The van der Waals surface area contributed by atoms with Gasteiger partial charge in [-0.25, -0.2) is 9.97 Å². The maximum Gasteiger partial charge on any atom is 0.227 e. The molecule has 0 aliphatic carbocycles. The van der Waals surface area contributed by atoms with Crippen LogP contribution in [0.5, 0.6) is 0 Å². The average molecular weight is 579 g/mol. The van der Waals surface area contributed by atoms with Gasteiger partial charge >= 0.3 is 0 Å². The number of aromatic nitrogens is 2. The number of piperidine rings is 2. The summed E-state index contributed by atoms with van der Waals surface area (Å²) in [6.45, 7) is 17.0. The number of hydrogen-bond acceptors (Lipinski definition) is 6. The number of amides is 1. The van der Waals surface area contributed by atoms with Gasteiger partial charge in [-0.15, -0.1) is 0 Å². The molecule has 43 heavy (non-hydrogen) atoms. The summed E-state index contributed by atoms with van der Waals surface area (Å²) in [6, 6.07) is 20.0. The van der Waals surface area contributed by atoms with Crippen LogP contribution in [0.2, 0.25) is 0 Å². The molecule has 0 radical (unpaired) electrons. The fourth-order valence-corrected chi connectivity index (χ4v) is 7.42. The molecule has 3 aliphatic heterocycles. The van der Waals surface area contributed by atoms with Gasteiger partial charge in [-0.2, -0.15) is 0 Å². The van der Waals surface area contributed by atoms with Crippen molar-refractivity contribution < 1.29 is 4.79 Å². The van der Waals surface area contributed by atoms with Crippen molar-refractivity contribution in [3.63, 3.8) is 0 Å². The van der Waals surface area contributed by atoms with Gasteiger partial charge in [-0.1, -0.05) is 36.9 Å². The second kappa shape index (κ2) is 12.5. The first-order chi connectivity index (χ1) is 20.8. The normalized spacial score (nSPS) is 19.6. The van der Waals surface area contributed by atoms with Gasteiger partial charge in [0.25, 0.3) is 0 Å². The van der Waals surface area contributed by atoms with Crippen LogP contribution in [-0.2, 0) is 11.3 Å². The fraction of sp³-hybridized carbons (Fsp3) is 0.472. The highest BCUT2D eigenvalue weighted by Gasteiger charge is 2.39. The quantitative estimate of drug-likeness (QED) is 0.317. The van der Waals surface area contributed by atoms with E-state index < -0.39 is 0 Å². The summed E-state index contributed by atoms with van der Waals surface area (Å²) in [6.07, 6.45) is 7.81. The van der Waals surface area contributed by atoms with Crippen molar-refractivity contribution in [2.24, 2.45) is 0 Å². The molecule has 4 heterocycles. The Balaban J connectivity index is 1.11. The smallest absolute Gasteiger partial charge is 0.227 e. The van der Waals surface area contributed by atoms with E-state index in [0.29, 0.717) is 12.5 Å². The second-order valence-electron chi connectivity index (χ2n) is 12.8. The van der Waals surface area contributed by atoms with Gasteiger partial charge in [0.15, 0.2) is 0 Å². The minimum Gasteiger partial charge on any atom is -0.371 e. The molecule has 2 aromatic carbocycles. The van der Waals surface area contributed by atoms with Crippen LogP contribution in [0.4, 0.5) is 11.4 Å². The molecule has 0 spiro atoms. The topological polar surface area (TPSA) is 55.8 Å². The summed E-state index contributed by atoms with van der Waals surface area (Å²) in [7, 11) is 0. The number of benzene rings is 2. The monoisotopic (exact) mass is 578 g/mol. The maximum atomic E-state index is 12.3. The molecule has 0 N–H and O–H groups in total. The van der Waals surface area contributed by atoms with Gasteiger partial charge < -0.3 is 14.7 Å². The third-order valence-corrected chi connectivity index (χ3v) is 10.2. The van der Waals surface area contributed by atoms with Crippen molar-refractivity contribution in [2.75, 3.05) is 42.5 Å². The summed E-state index contributed by atoms with van der Waals surface area (Å²) in [5.41, 5.74) is 7.97. The largest absolute Gasteiger partial charge is 0.371 e. The van der Waals surface area contributed by atoms with Gasteiger partial charge in [0.1, 0.15) is 6.33 Å². The first kappa shape index (κ1) is 29.4. The third kappa shape index (κ3) is 6.19. The number of nitrogens with zero attached hydrogens (tertiary/aromatic N) is 6. The Labute approximate surface area is 257 Å². The Bertz CT molecular complexity index is 1400. The molecule has 0 atom stereocenters. The molecule has 7 nitrogen and oxygen atoms in total. The summed E-state index contributed by atoms with van der Waals surface area (Å²) >= 11 is 0. The lowest BCUT2D eigenvalue weighted by Gasteiger charge is -2.51. The molecule has 0 unspecified atom stereocenters. The van der Waals surface area contributed by atoms with Crippen molar-refractivity contribution >= 4 is 23.0 Å². The van der Waals surface area contributed by atoms with Gasteiger partial charge in [0.2, 0.25) is 5.91 Å². The van der Waals surface area contributed by atoms with E-state index in [0.717, 1.165) is 99.7 Å². The van der Waals surface area contributed by atoms with Gasteiger partial charge in [0.05, 0.1) is 11.4 Å². The highest BCUT2D eigenvalue weighted by Crippen LogP contribution is 2.36. The van der Waals surface area contributed by atoms with E-state index >= 15 is 0 Å². The molecule has 226 valence electrons. The fourth-order valence-electron chi connectivity index (χ4n) is 7.42. The minimum atomic E-state index is 0.202. The lowest BCUT2D eigenvalue weighted by Crippen LogP contribution is -2.57. The van der Waals surface area contributed by atoms with Crippen LogP contribution in [0.1, 0.15) is 68.0 Å². The second-order valence-corrected chi connectivity index (χ2v) is 12.8. The molecule has 1 aromatic heterocycles. The van der Waals surface area contributed by atoms with E-state index in [9.17, 15) is 4.79 Å². The van der Waals surface area contributed by atoms with Crippen molar-refractivity contribution in [3.05, 3.63) is 90.0 Å². The van der Waals surface area contributed by atoms with E-state index in [1.165, 1.54) is 11.3 Å². The third-order valence-electron chi connectivity index (χ3n) is 10.2. The Hall–Kier alpha value is -3.71. The molecule has 3 aliphatic rings. The number of hydrogen-bond donors (Lipinski definition) is 0. The van der Waals surface area contributed by atoms with Gasteiger partial charge in [0, 0.05) is 79.9 Å². The lowest BCUT2D eigenvalue weighted by molar-refractivity contribution is -0.117. The lowest BCUT2D eigenvalue weighted by atomic mass is 9.85. The summed E-state index contributed by atoms with van der Waals surface area (Å²) in [5, 5.41) is 0. The van der Waals surface area contributed by atoms with E-state index in [-0.39, 0.29) is 11.4 Å². The zero-order chi connectivity index (χ0) is 30.0. The Morgan fingerprint density at radius 1 is 0.930 bits per heavy atom. The predicted octanol–water partition coefficient (Wildman–Crippen LogP) is 6.22. The minimum absolute atomic E-state index is 0.202. The molecular formula is C36H46N6O. The molecule has 0 bridgehead atoms. The molecule has 0 saturated carbocycles. The van der Waals surface area contributed by atoms with Crippen molar-refractivity contribution in [1.29, 1.82) is 0 Å². The summed E-state index contributed by atoms with van der Waals surface area (Å²) in [5.74, 6) is 0.240. The first-order valence-electron chi connectivity index (χ1n) is 16.0. The standard InChI is InChI=1S/C36H46N6O/c1-27-35(28(2)38-26-37-27)29(3)39-23-18-36(4,19-24-39)40-21-16-33(17-22-40)42(25-30-9-6-5-7-10-30)32-14-12-31(13-15-32)41-20-8-11-34(41)43/h5-7,9-10,12-15,26,33H,3,8,11,16-25H2,1-2,4H3. The summed E-state index contributed by atoms with van der Waals surface area (Å²) < 4.78 is 0. The van der Waals surface area contributed by atoms with E-state index in [2.05, 4.69) is 107 Å². The Morgan fingerprint density at radius 2 is 1.58 bits per heavy atom. The van der Waals surface area contributed by atoms with Crippen LogP contribution in [0.25, 0.3) is 5.70 Å². The highest BCUT2D eigenvalue weighted by atomic mass is 16.2. The van der Waals surface area contributed by atoms with Crippen LogP contribution in [0.15, 0.2) is 67.5 Å². The molecule has 1 amide bonds. The number of carbonyl (C=O) groups is 1. The van der Waals surface area contributed by atoms with Gasteiger partial charge in [-0.3, -0.25) is 9.69 Å². The molecule has 3 fully saturated rings. The zero-order valence-corrected chi connectivity index (χ0v) is 26.1. The molecular weight excluding hydrogens is 532 g/mol. The summed E-state index contributed by atoms with van der Waals surface area (Å²) in [4.78, 5) is 30.9. The SMILES string of the molecule is C=C(c1c(C)ncnc1C)N1CCC(C)(N2CCC(N(Cc3ccccc3)c3ccc(N4CCCC4=O)cc3)CC2)CC1. The average Bonchev–Trinajstić information content (AvgIpc) is 3.46. The maximum absolute atomic E-state index is 12.3. The number of anilines is 2. The van der Waals surface area contributed by atoms with Gasteiger partial charge in [-0.05, 0) is 82.7 Å². The number of rotatable bonds is 8. The Morgan fingerprint density at radius 3 is 2.19 bits per heavy atom. The van der Waals surface area contributed by atoms with Crippen molar-refractivity contribution in [1.82, 2.24) is 19.8 Å². The number of aryl methyl sites for hydroxylation is 2. The van der Waals surface area contributed by atoms with E-state index in [4.69, 9.17) is 0 Å². The van der Waals surface area contributed by atoms with E-state index in [1.54, 1.807) is 6.33 Å². The Kier molecular flexibility index (Phi) is 8.53. The molecule has 3 saturated heterocycles. The van der Waals surface area contributed by atoms with Crippen LogP contribution >= 0.6 is 0 Å². The van der Waals surface area contributed by atoms with Crippen molar-refractivity contribution in [2.45, 2.75) is 77.4 Å². The molecule has 3 aromatic rings. The highest BCUT2D eigenvalue weighted by molar-refractivity contribution is 5.95. The van der Waals surface area contributed by atoms with Crippen LogP contribution in [0.3, 0.4) is 0 Å². The first-order valence-corrected chi connectivity index (χ1v) is 16.0. The predicted molar refractivity (Wildman–Crippen MR) is 175 cm³/mol. The van der Waals surface area contributed by atoms with Crippen LogP contribution in [-0.4, -0.2) is 70.0 Å². The van der Waals surface area contributed by atoms with E-state index in [1.807, 2.05) is 4.90 Å². The van der Waals surface area contributed by atoms with Crippen molar-refractivity contribution in [3.8, 4) is 0 Å². The number of likely N-dealkylation sites (tertiary alicyclic amines) is 2. The molecule has 7 heteroatoms. The zero-order valence-electron chi connectivity index (χ0n) is 26.1. The van der Waals surface area contributed by atoms with Crippen LogP contribution in [0, 0.1) is 13.8 Å².